The fourth-order valence-corrected chi connectivity index (χ4v) is 0.758. The zero-order valence-corrected chi connectivity index (χ0v) is 9.14. The second-order valence-electron chi connectivity index (χ2n) is 2.75. The molecule has 0 rings (SSSR count). The Balaban J connectivity index is 5.19. The van der Waals surface area contributed by atoms with Gasteiger partial charge < -0.3 is 14.6 Å². The summed E-state index contributed by atoms with van der Waals surface area (Å²) in [5, 5.41) is 8.61. The van der Waals surface area contributed by atoms with Crippen molar-refractivity contribution in [2.75, 3.05) is 14.2 Å². The van der Waals surface area contributed by atoms with E-state index in [9.17, 15) is 14.4 Å². The van der Waals surface area contributed by atoms with E-state index in [2.05, 4.69) is 9.47 Å². The first kappa shape index (κ1) is 13.9. The predicted molar refractivity (Wildman–Crippen MR) is 53.5 cm³/mol. The molecule has 0 atom stereocenters. The van der Waals surface area contributed by atoms with Gasteiger partial charge in [0.2, 0.25) is 0 Å². The first-order chi connectivity index (χ1) is 7.42. The lowest BCUT2D eigenvalue weighted by Gasteiger charge is -2.00. The molecule has 0 aromatic carbocycles. The maximum absolute atomic E-state index is 11.2. The molecule has 6 nitrogen and oxygen atoms in total. The van der Waals surface area contributed by atoms with E-state index in [-0.39, 0.29) is 11.1 Å². The summed E-state index contributed by atoms with van der Waals surface area (Å²) in [7, 11) is 2.26. The lowest BCUT2D eigenvalue weighted by atomic mass is 10.1. The summed E-state index contributed by atoms with van der Waals surface area (Å²) < 4.78 is 8.70. The van der Waals surface area contributed by atoms with Crippen LogP contribution in [0.4, 0.5) is 0 Å². The Kier molecular flexibility index (Phi) is 5.55. The molecule has 6 heteroatoms. The van der Waals surface area contributed by atoms with Gasteiger partial charge in [-0.1, -0.05) is 0 Å². The minimum absolute atomic E-state index is 0.0967. The van der Waals surface area contributed by atoms with Crippen molar-refractivity contribution in [1.82, 2.24) is 0 Å². The third-order valence-electron chi connectivity index (χ3n) is 1.60. The van der Waals surface area contributed by atoms with E-state index in [1.54, 1.807) is 0 Å². The van der Waals surface area contributed by atoms with E-state index in [0.717, 1.165) is 26.4 Å². The van der Waals surface area contributed by atoms with Crippen LogP contribution in [-0.4, -0.2) is 37.2 Å². The Hall–Kier alpha value is -2.11. The monoisotopic (exact) mass is 228 g/mol. The fourth-order valence-electron chi connectivity index (χ4n) is 0.758. The number of carbonyl (C=O) groups is 3. The lowest BCUT2D eigenvalue weighted by molar-refractivity contribution is -0.138. The molecule has 0 radical (unpaired) electrons. The number of methoxy groups -OCH3 is 2. The molecule has 0 bridgehead atoms. The molecule has 0 saturated carbocycles. The SMILES string of the molecule is COC(=O)C=C(C=C(C)C(=O)O)C(=O)OC. The quantitative estimate of drug-likeness (QED) is 0.422. The molecule has 0 saturated heterocycles. The molecule has 1 N–H and O–H groups in total. The Labute approximate surface area is 92.2 Å². The van der Waals surface area contributed by atoms with Crippen LogP contribution in [0.1, 0.15) is 6.92 Å². The zero-order valence-electron chi connectivity index (χ0n) is 9.14. The van der Waals surface area contributed by atoms with Crippen LogP contribution in [0.5, 0.6) is 0 Å². The van der Waals surface area contributed by atoms with Gasteiger partial charge in [0, 0.05) is 11.6 Å². The van der Waals surface area contributed by atoms with Crippen LogP contribution >= 0.6 is 0 Å². The standard InChI is InChI=1S/C10H12O6/c1-6(9(12)13)4-7(10(14)16-3)5-8(11)15-2/h4-5H,1-3H3,(H,12,13). The number of hydrogen-bond donors (Lipinski definition) is 1. The second-order valence-corrected chi connectivity index (χ2v) is 2.75. The summed E-state index contributed by atoms with van der Waals surface area (Å²) in [5.41, 5.74) is -0.283. The van der Waals surface area contributed by atoms with Crippen LogP contribution in [0.25, 0.3) is 0 Å². The minimum Gasteiger partial charge on any atom is -0.478 e. The Morgan fingerprint density at radius 2 is 1.62 bits per heavy atom. The molecule has 0 aliphatic heterocycles. The van der Waals surface area contributed by atoms with Gasteiger partial charge in [0.05, 0.1) is 19.8 Å². The van der Waals surface area contributed by atoms with E-state index in [4.69, 9.17) is 5.11 Å². The number of aliphatic carboxylic acids is 1. The van der Waals surface area contributed by atoms with Gasteiger partial charge in [-0.2, -0.15) is 0 Å². The first-order valence-corrected chi connectivity index (χ1v) is 4.22. The van der Waals surface area contributed by atoms with Crippen LogP contribution in [0.15, 0.2) is 23.3 Å². The van der Waals surface area contributed by atoms with Crippen LogP contribution in [0.2, 0.25) is 0 Å². The van der Waals surface area contributed by atoms with Crippen molar-refractivity contribution >= 4 is 17.9 Å². The summed E-state index contributed by atoms with van der Waals surface area (Å²) >= 11 is 0. The number of hydrogen-bond acceptors (Lipinski definition) is 5. The van der Waals surface area contributed by atoms with Gasteiger partial charge in [0.1, 0.15) is 0 Å². The van der Waals surface area contributed by atoms with Crippen LogP contribution < -0.4 is 0 Å². The average molecular weight is 228 g/mol. The zero-order chi connectivity index (χ0) is 12.7. The largest absolute Gasteiger partial charge is 0.478 e. The molecule has 0 aromatic heterocycles. The van der Waals surface area contributed by atoms with E-state index in [0.29, 0.717) is 0 Å². The highest BCUT2D eigenvalue weighted by Crippen LogP contribution is 2.05. The van der Waals surface area contributed by atoms with Crippen molar-refractivity contribution in [3.63, 3.8) is 0 Å². The van der Waals surface area contributed by atoms with E-state index < -0.39 is 17.9 Å². The van der Waals surface area contributed by atoms with E-state index in [1.807, 2.05) is 0 Å². The Bertz CT molecular complexity index is 364. The summed E-state index contributed by atoms with van der Waals surface area (Å²) in [6.45, 7) is 1.29. The predicted octanol–water partition coefficient (Wildman–Crippen LogP) is 0.290. The highest BCUT2D eigenvalue weighted by molar-refractivity contribution is 6.00. The molecule has 88 valence electrons. The molecular weight excluding hydrogens is 216 g/mol. The topological polar surface area (TPSA) is 89.9 Å². The van der Waals surface area contributed by atoms with Crippen LogP contribution in [-0.2, 0) is 23.9 Å². The number of esters is 2. The van der Waals surface area contributed by atoms with Crippen molar-refractivity contribution in [1.29, 1.82) is 0 Å². The highest BCUT2D eigenvalue weighted by Gasteiger charge is 2.12. The van der Waals surface area contributed by atoms with Gasteiger partial charge in [0.25, 0.3) is 0 Å². The van der Waals surface area contributed by atoms with Crippen molar-refractivity contribution in [2.45, 2.75) is 6.92 Å². The third kappa shape index (κ3) is 4.41. The van der Waals surface area contributed by atoms with Gasteiger partial charge in [0.15, 0.2) is 0 Å². The summed E-state index contributed by atoms with van der Waals surface area (Å²) in [6, 6.07) is 0. The van der Waals surface area contributed by atoms with Crippen molar-refractivity contribution in [3.8, 4) is 0 Å². The maximum atomic E-state index is 11.2. The van der Waals surface area contributed by atoms with E-state index >= 15 is 0 Å². The Morgan fingerprint density at radius 1 is 1.06 bits per heavy atom. The number of ether oxygens (including phenoxy) is 2. The van der Waals surface area contributed by atoms with Crippen LogP contribution in [0.3, 0.4) is 0 Å². The van der Waals surface area contributed by atoms with E-state index in [1.165, 1.54) is 6.92 Å². The third-order valence-corrected chi connectivity index (χ3v) is 1.60. The van der Waals surface area contributed by atoms with Crippen molar-refractivity contribution in [2.24, 2.45) is 0 Å². The summed E-state index contributed by atoms with van der Waals surface area (Å²) in [4.78, 5) is 32.6. The second kappa shape index (κ2) is 6.39. The molecule has 0 amide bonds. The van der Waals surface area contributed by atoms with Gasteiger partial charge in [-0.3, -0.25) is 0 Å². The maximum Gasteiger partial charge on any atom is 0.338 e. The smallest absolute Gasteiger partial charge is 0.338 e. The lowest BCUT2D eigenvalue weighted by Crippen LogP contribution is -2.08. The van der Waals surface area contributed by atoms with Crippen molar-refractivity contribution in [3.05, 3.63) is 23.3 Å². The molecule has 0 heterocycles. The molecule has 0 unspecified atom stereocenters. The molecule has 0 aliphatic rings. The normalized spacial score (nSPS) is 11.9. The van der Waals surface area contributed by atoms with Gasteiger partial charge in [-0.15, -0.1) is 0 Å². The summed E-state index contributed by atoms with van der Waals surface area (Å²) in [6.07, 6.45) is 1.89. The summed E-state index contributed by atoms with van der Waals surface area (Å²) in [5.74, 6) is -2.78. The molecule has 0 fully saturated rings. The molecule has 0 spiro atoms. The number of carboxylic acid groups (broad SMARTS) is 1. The van der Waals surface area contributed by atoms with Gasteiger partial charge in [-0.25, -0.2) is 14.4 Å². The highest BCUT2D eigenvalue weighted by atomic mass is 16.5. The van der Waals surface area contributed by atoms with Crippen molar-refractivity contribution < 1.29 is 29.0 Å². The average Bonchev–Trinajstić information content (AvgIpc) is 2.26. The fraction of sp³-hybridized carbons (Fsp3) is 0.300. The number of rotatable bonds is 4. The number of carboxylic acids is 1. The Morgan fingerprint density at radius 3 is 2.00 bits per heavy atom. The molecule has 0 aromatic rings. The molecule has 16 heavy (non-hydrogen) atoms. The molecule has 0 aliphatic carbocycles. The minimum atomic E-state index is -1.19. The molecular formula is C10H12O6. The van der Waals surface area contributed by atoms with Crippen LogP contribution in [0, 0.1) is 0 Å². The van der Waals surface area contributed by atoms with Gasteiger partial charge >= 0.3 is 17.9 Å². The van der Waals surface area contributed by atoms with Gasteiger partial charge in [-0.05, 0) is 13.0 Å². The first-order valence-electron chi connectivity index (χ1n) is 4.22. The number of carbonyl (C=O) groups excluding carboxylic acids is 2.